The van der Waals surface area contributed by atoms with Crippen LogP contribution in [-0.4, -0.2) is 68.8 Å². The molecule has 6 rings (SSSR count). The highest BCUT2D eigenvalue weighted by atomic mass is 16.5. The lowest BCUT2D eigenvalue weighted by Crippen LogP contribution is -2.45. The van der Waals surface area contributed by atoms with Gasteiger partial charge in [0.15, 0.2) is 5.88 Å². The van der Waals surface area contributed by atoms with Crippen LogP contribution in [0.5, 0.6) is 11.6 Å². The Balaban J connectivity index is 1.31. The maximum atomic E-state index is 13.9. The van der Waals surface area contributed by atoms with Crippen molar-refractivity contribution in [2.45, 2.75) is 51.1 Å². The van der Waals surface area contributed by atoms with Gasteiger partial charge in [0.1, 0.15) is 5.75 Å². The lowest BCUT2D eigenvalue weighted by atomic mass is 9.83. The number of aromatic hydroxyl groups is 1. The Labute approximate surface area is 251 Å². The molecule has 3 atom stereocenters. The van der Waals surface area contributed by atoms with Crippen molar-refractivity contribution >= 4 is 28.3 Å². The first-order valence-corrected chi connectivity index (χ1v) is 15.1. The molecule has 1 saturated heterocycles. The van der Waals surface area contributed by atoms with Gasteiger partial charge < -0.3 is 24.4 Å². The van der Waals surface area contributed by atoms with Crippen LogP contribution in [0.15, 0.2) is 73.2 Å². The number of amides is 1. The summed E-state index contributed by atoms with van der Waals surface area (Å²) in [6, 6.07) is 16.9. The molecule has 1 fully saturated rings. The molecule has 0 bridgehead atoms. The topological polar surface area (TPSA) is 108 Å². The average molecular weight is 583 g/mol. The predicted octanol–water partition coefficient (Wildman–Crippen LogP) is 5.07. The van der Waals surface area contributed by atoms with E-state index in [9.17, 15) is 19.8 Å². The molecule has 224 valence electrons. The van der Waals surface area contributed by atoms with Gasteiger partial charge in [-0.3, -0.25) is 19.5 Å². The van der Waals surface area contributed by atoms with Crippen LogP contribution < -0.4 is 9.64 Å². The number of carbonyl (C=O) groups excluding carboxylic acids is 1. The highest BCUT2D eigenvalue weighted by molar-refractivity contribution is 5.94. The zero-order valence-electron chi connectivity index (χ0n) is 24.4. The van der Waals surface area contributed by atoms with Crippen molar-refractivity contribution in [2.75, 3.05) is 31.1 Å². The molecule has 4 heterocycles. The van der Waals surface area contributed by atoms with E-state index in [4.69, 9.17) is 4.74 Å². The Hall–Kier alpha value is -4.37. The van der Waals surface area contributed by atoms with Gasteiger partial charge in [0.2, 0.25) is 5.91 Å². The Morgan fingerprint density at radius 1 is 1.14 bits per heavy atom. The highest BCUT2D eigenvalue weighted by Crippen LogP contribution is 2.41. The van der Waals surface area contributed by atoms with Gasteiger partial charge >= 0.3 is 5.97 Å². The van der Waals surface area contributed by atoms with Gasteiger partial charge in [-0.25, -0.2) is 0 Å². The smallest absolute Gasteiger partial charge is 0.308 e. The largest absolute Gasteiger partial charge is 0.494 e. The van der Waals surface area contributed by atoms with Crippen LogP contribution in [0.3, 0.4) is 0 Å². The third kappa shape index (κ3) is 5.82. The molecule has 4 aromatic rings. The molecule has 0 unspecified atom stereocenters. The molecule has 9 nitrogen and oxygen atoms in total. The van der Waals surface area contributed by atoms with Gasteiger partial charge in [-0.05, 0) is 48.2 Å². The van der Waals surface area contributed by atoms with Gasteiger partial charge in [-0.15, -0.1) is 0 Å². The number of fused-ring (bicyclic) bond motifs is 2. The Kier molecular flexibility index (Phi) is 8.33. The summed E-state index contributed by atoms with van der Waals surface area (Å²) in [5, 5.41) is 23.2. The lowest BCUT2D eigenvalue weighted by Gasteiger charge is -2.30. The van der Waals surface area contributed by atoms with Gasteiger partial charge in [0.05, 0.1) is 31.0 Å². The van der Waals surface area contributed by atoms with E-state index in [1.807, 2.05) is 59.6 Å². The number of hydrogen-bond donors (Lipinski definition) is 2. The number of aromatic nitrogens is 2. The average Bonchev–Trinajstić information content (AvgIpc) is 3.72. The van der Waals surface area contributed by atoms with Crippen LogP contribution in [-0.2, 0) is 22.6 Å². The molecule has 2 aliphatic heterocycles. The molecule has 0 radical (unpaired) electrons. The first-order chi connectivity index (χ1) is 20.9. The normalized spacial score (nSPS) is 19.8. The van der Waals surface area contributed by atoms with Gasteiger partial charge in [0, 0.05) is 61.2 Å². The summed E-state index contributed by atoms with van der Waals surface area (Å²) in [5.41, 5.74) is 2.80. The third-order valence-electron chi connectivity index (χ3n) is 8.94. The highest BCUT2D eigenvalue weighted by Gasteiger charge is 2.47. The molecule has 1 amide bonds. The third-order valence-corrected chi connectivity index (χ3v) is 8.94. The van der Waals surface area contributed by atoms with Gasteiger partial charge in [-0.1, -0.05) is 43.7 Å². The number of unbranched alkanes of at least 4 members (excludes halogenated alkanes) is 1. The lowest BCUT2D eigenvalue weighted by molar-refractivity contribution is -0.143. The van der Waals surface area contributed by atoms with Crippen LogP contribution in [0.2, 0.25) is 0 Å². The SMILES string of the molecule is CCCCN(C(=O)CN1C[C@H](c2ccc3c(c2)CCO3)[C@@H](C(=O)O)[C@@H]1CCn1cc2ccccc2c1O)c1cccnc1. The first-order valence-electron chi connectivity index (χ1n) is 15.1. The summed E-state index contributed by atoms with van der Waals surface area (Å²) in [4.78, 5) is 34.9. The van der Waals surface area contributed by atoms with Crippen LogP contribution in [0.25, 0.3) is 10.8 Å². The summed E-state index contributed by atoms with van der Waals surface area (Å²) in [7, 11) is 0. The van der Waals surface area contributed by atoms with E-state index in [-0.39, 0.29) is 24.2 Å². The first kappa shape index (κ1) is 28.7. The van der Waals surface area contributed by atoms with Crippen molar-refractivity contribution < 1.29 is 24.5 Å². The number of aryl methyl sites for hydroxylation is 1. The van der Waals surface area contributed by atoms with Gasteiger partial charge in [-0.2, -0.15) is 0 Å². The predicted molar refractivity (Wildman–Crippen MR) is 165 cm³/mol. The number of carboxylic acid groups (broad SMARTS) is 1. The van der Waals surface area contributed by atoms with E-state index in [2.05, 4.69) is 18.0 Å². The summed E-state index contributed by atoms with van der Waals surface area (Å²) in [6.45, 7) is 4.25. The minimum absolute atomic E-state index is 0.0758. The monoisotopic (exact) mass is 582 g/mol. The van der Waals surface area contributed by atoms with Gasteiger partial charge in [0.25, 0.3) is 0 Å². The number of nitrogens with zero attached hydrogens (tertiary/aromatic N) is 4. The van der Waals surface area contributed by atoms with Crippen molar-refractivity contribution in [3.63, 3.8) is 0 Å². The number of carbonyl (C=O) groups is 2. The van der Waals surface area contributed by atoms with Crippen LogP contribution >= 0.6 is 0 Å². The van der Waals surface area contributed by atoms with Crippen molar-refractivity contribution in [1.82, 2.24) is 14.5 Å². The standard InChI is InChI=1S/C34H38N4O5/c1-2-3-15-38(26-8-6-14-35-19-26)31(39)22-37-21-28(23-10-11-30-24(18-23)13-17-43-30)32(34(41)42)29(37)12-16-36-20-25-7-4-5-9-27(25)33(36)40/h4-11,14,18-20,28-29,32,40H,2-3,12-13,15-17,21-22H2,1H3,(H,41,42)/t28-,29+,32-/m1/s1. The second-order valence-corrected chi connectivity index (χ2v) is 11.6. The molecular formula is C34H38N4O5. The minimum Gasteiger partial charge on any atom is -0.494 e. The molecule has 0 saturated carbocycles. The molecule has 2 N–H and O–H groups in total. The van der Waals surface area contributed by atoms with E-state index in [0.717, 1.165) is 52.6 Å². The number of aliphatic carboxylic acids is 1. The second-order valence-electron chi connectivity index (χ2n) is 11.6. The number of benzene rings is 2. The summed E-state index contributed by atoms with van der Waals surface area (Å²) in [5.74, 6) is -0.938. The molecule has 43 heavy (non-hydrogen) atoms. The number of ether oxygens (including phenoxy) is 1. The maximum absolute atomic E-state index is 13.9. The van der Waals surface area contributed by atoms with E-state index in [0.29, 0.717) is 32.7 Å². The Morgan fingerprint density at radius 2 is 2.00 bits per heavy atom. The zero-order valence-corrected chi connectivity index (χ0v) is 24.4. The number of hydrogen-bond acceptors (Lipinski definition) is 6. The number of likely N-dealkylation sites (tertiary alicyclic amines) is 1. The van der Waals surface area contributed by atoms with Crippen LogP contribution in [0.1, 0.15) is 43.2 Å². The minimum atomic E-state index is -0.876. The summed E-state index contributed by atoms with van der Waals surface area (Å²) >= 11 is 0. The maximum Gasteiger partial charge on any atom is 0.308 e. The Morgan fingerprint density at radius 3 is 2.77 bits per heavy atom. The van der Waals surface area contributed by atoms with E-state index < -0.39 is 17.9 Å². The van der Waals surface area contributed by atoms with Crippen LogP contribution in [0.4, 0.5) is 5.69 Å². The quantitative estimate of drug-likeness (QED) is 0.254. The fourth-order valence-electron chi connectivity index (χ4n) is 6.75. The molecule has 2 aromatic carbocycles. The van der Waals surface area contributed by atoms with Crippen molar-refractivity contribution in [2.24, 2.45) is 5.92 Å². The number of rotatable bonds is 11. The summed E-state index contributed by atoms with van der Waals surface area (Å²) < 4.78 is 7.49. The second kappa shape index (κ2) is 12.5. The van der Waals surface area contributed by atoms with Crippen molar-refractivity contribution in [3.05, 3.63) is 84.3 Å². The molecule has 0 spiro atoms. The number of anilines is 1. The van der Waals surface area contributed by atoms with Crippen LogP contribution in [0, 0.1) is 5.92 Å². The zero-order chi connectivity index (χ0) is 29.9. The van der Waals surface area contributed by atoms with E-state index >= 15 is 0 Å². The van der Waals surface area contributed by atoms with Crippen molar-refractivity contribution in [3.8, 4) is 11.6 Å². The number of pyridine rings is 1. The van der Waals surface area contributed by atoms with E-state index in [1.165, 1.54) is 0 Å². The number of carboxylic acids is 1. The molecule has 9 heteroatoms. The molecule has 0 aliphatic carbocycles. The molecular weight excluding hydrogens is 544 g/mol. The van der Waals surface area contributed by atoms with Crippen molar-refractivity contribution in [1.29, 1.82) is 0 Å². The molecule has 2 aliphatic rings. The Bertz CT molecular complexity index is 1600. The molecule has 2 aromatic heterocycles. The fourth-order valence-corrected chi connectivity index (χ4v) is 6.75. The van der Waals surface area contributed by atoms with E-state index in [1.54, 1.807) is 21.9 Å². The fraction of sp³-hybridized carbons (Fsp3) is 0.382. The summed E-state index contributed by atoms with van der Waals surface area (Å²) in [6.07, 6.45) is 8.34.